The van der Waals surface area contributed by atoms with Crippen molar-refractivity contribution in [3.63, 3.8) is 0 Å². The maximum absolute atomic E-state index is 12.2. The van der Waals surface area contributed by atoms with Crippen LogP contribution in [-0.4, -0.2) is 38.4 Å². The fourth-order valence-electron chi connectivity index (χ4n) is 3.37. The molecule has 8 nitrogen and oxygen atoms in total. The molecule has 0 spiro atoms. The third kappa shape index (κ3) is 9.85. The molecule has 0 fully saturated rings. The number of benzene rings is 1. The molecule has 2 heterocycles. The molecule has 1 aromatic carbocycles. The van der Waals surface area contributed by atoms with Crippen LogP contribution in [0.25, 0.3) is 0 Å². The summed E-state index contributed by atoms with van der Waals surface area (Å²) >= 11 is 4.88. The van der Waals surface area contributed by atoms with Gasteiger partial charge in [0.25, 0.3) is 0 Å². The lowest BCUT2D eigenvalue weighted by molar-refractivity contribution is -0.116. The molecule has 0 bridgehead atoms. The summed E-state index contributed by atoms with van der Waals surface area (Å²) < 4.78 is 5.35. The lowest BCUT2D eigenvalue weighted by atomic mass is 10.0. The molecule has 1 aliphatic heterocycles. The van der Waals surface area contributed by atoms with Crippen LogP contribution in [0.15, 0.2) is 71.1 Å². The largest absolute Gasteiger partial charge is 0.444 e. The normalized spacial score (nSPS) is 14.4. The fourth-order valence-corrected chi connectivity index (χ4v) is 4.55. The number of halogens is 1. The highest BCUT2D eigenvalue weighted by Crippen LogP contribution is 2.29. The van der Waals surface area contributed by atoms with Gasteiger partial charge in [-0.1, -0.05) is 40.2 Å². The second kappa shape index (κ2) is 13.1. The number of carbonyl (C=O) groups is 2. The van der Waals surface area contributed by atoms with E-state index in [0.717, 1.165) is 40.2 Å². The van der Waals surface area contributed by atoms with Crippen LogP contribution in [-0.2, 0) is 9.53 Å². The summed E-state index contributed by atoms with van der Waals surface area (Å²) in [5.41, 5.74) is -0.464. The van der Waals surface area contributed by atoms with Crippen molar-refractivity contribution in [1.82, 2.24) is 15.3 Å². The highest BCUT2D eigenvalue weighted by atomic mass is 79.9. The van der Waals surface area contributed by atoms with Gasteiger partial charge in [-0.15, -0.1) is 0 Å². The van der Waals surface area contributed by atoms with Gasteiger partial charge in [0.2, 0.25) is 5.91 Å². The number of ether oxygens (including phenoxy) is 1. The van der Waals surface area contributed by atoms with Crippen molar-refractivity contribution in [2.24, 2.45) is 0 Å². The Morgan fingerprint density at radius 3 is 2.51 bits per heavy atom. The van der Waals surface area contributed by atoms with Gasteiger partial charge in [0.05, 0.1) is 17.9 Å². The Balaban J connectivity index is 1.54. The molecule has 37 heavy (non-hydrogen) atoms. The van der Waals surface area contributed by atoms with Crippen molar-refractivity contribution in [2.75, 3.05) is 15.5 Å². The lowest BCUT2D eigenvalue weighted by Crippen LogP contribution is -2.46. The molecule has 2 amide bonds. The average Bonchev–Trinajstić information content (AvgIpc) is 2.82. The Morgan fingerprint density at radius 1 is 1.11 bits per heavy atom. The molecule has 0 saturated carbocycles. The van der Waals surface area contributed by atoms with Gasteiger partial charge in [0.15, 0.2) is 5.82 Å². The second-order valence-electron chi connectivity index (χ2n) is 9.84. The Bertz CT molecular complexity index is 1120. The minimum absolute atomic E-state index is 0.0286. The van der Waals surface area contributed by atoms with Gasteiger partial charge in [-0.3, -0.25) is 4.79 Å². The van der Waals surface area contributed by atoms with Crippen LogP contribution in [0.5, 0.6) is 0 Å². The molecule has 10 heteroatoms. The first-order valence-corrected chi connectivity index (χ1v) is 14.1. The Hall–Kier alpha value is -2.85. The average molecular weight is 589 g/mol. The number of amides is 2. The smallest absolute Gasteiger partial charge is 0.408 e. The van der Waals surface area contributed by atoms with E-state index in [2.05, 4.69) is 36.5 Å². The van der Waals surface area contributed by atoms with Gasteiger partial charge in [-0.2, -0.15) is 0 Å². The number of alkyl halides is 1. The molecule has 2 aromatic rings. The Labute approximate surface area is 231 Å². The number of alkyl carbamates (subject to hydrolysis) is 1. The number of rotatable bonds is 10. The van der Waals surface area contributed by atoms with Crippen LogP contribution in [0.1, 0.15) is 53.4 Å². The topological polar surface area (TPSA) is 96.5 Å². The van der Waals surface area contributed by atoms with Gasteiger partial charge in [-0.25, -0.2) is 14.8 Å². The van der Waals surface area contributed by atoms with Crippen molar-refractivity contribution >= 4 is 51.2 Å². The number of nitrogens with one attached hydrogen (secondary N) is 2. The third-order valence-electron chi connectivity index (χ3n) is 5.19. The van der Waals surface area contributed by atoms with E-state index in [9.17, 15) is 9.59 Å². The Kier molecular flexibility index (Phi) is 10.2. The van der Waals surface area contributed by atoms with Gasteiger partial charge in [-0.05, 0) is 70.9 Å². The number of hydrogen-bond donors (Lipinski definition) is 2. The van der Waals surface area contributed by atoms with Crippen LogP contribution in [0.4, 0.5) is 16.3 Å². The van der Waals surface area contributed by atoms with E-state index in [1.54, 1.807) is 12.4 Å². The first-order valence-electron chi connectivity index (χ1n) is 12.2. The predicted octanol–water partition coefficient (Wildman–Crippen LogP) is 6.65. The number of unbranched alkanes of at least 4 members (excludes halogenated alkanes) is 2. The van der Waals surface area contributed by atoms with E-state index >= 15 is 0 Å². The van der Waals surface area contributed by atoms with Crippen LogP contribution in [0.3, 0.4) is 0 Å². The maximum atomic E-state index is 12.2. The number of aromatic nitrogens is 2. The van der Waals surface area contributed by atoms with Crippen LogP contribution >= 0.6 is 27.7 Å². The molecule has 0 saturated heterocycles. The van der Waals surface area contributed by atoms with Crippen LogP contribution in [0, 0.1) is 0 Å². The minimum Gasteiger partial charge on any atom is -0.444 e. The Morgan fingerprint density at radius 2 is 1.86 bits per heavy atom. The van der Waals surface area contributed by atoms with Crippen molar-refractivity contribution in [3.05, 3.63) is 61.2 Å². The first kappa shape index (κ1) is 28.7. The van der Waals surface area contributed by atoms with Crippen molar-refractivity contribution < 1.29 is 14.3 Å². The number of carbonyl (C=O) groups excluding carboxylic acids is 2. The summed E-state index contributed by atoms with van der Waals surface area (Å²) in [6, 6.07) is 7.71. The molecule has 1 aliphatic rings. The van der Waals surface area contributed by atoms with E-state index in [1.807, 2.05) is 81.4 Å². The molecule has 0 aliphatic carbocycles. The summed E-state index contributed by atoms with van der Waals surface area (Å²) in [5, 5.41) is 7.54. The van der Waals surface area contributed by atoms with Crippen molar-refractivity contribution in [2.45, 2.75) is 74.4 Å². The number of anilines is 2. The summed E-state index contributed by atoms with van der Waals surface area (Å²) in [6.45, 7) is 7.36. The van der Waals surface area contributed by atoms with Gasteiger partial charge >= 0.3 is 6.09 Å². The summed E-state index contributed by atoms with van der Waals surface area (Å²) in [5.74, 6) is 0.679. The quantitative estimate of drug-likeness (QED) is 0.237. The standard InChI is InChI=1S/C27H34BrN5O3S/c1-26(2,3)36-25(35)32-27(4)12-15-33(16-13-27)22-18-30-24(19-29-22)37-21-10-8-9-20(17-21)31-23(34)11-6-5-7-14-28/h8-10,12-13,15-19H,5-7,11,14H2,1-4H3,(H,31,34)(H,32,35). The minimum atomic E-state index is -0.671. The molecule has 2 N–H and O–H groups in total. The highest BCUT2D eigenvalue weighted by Gasteiger charge is 2.26. The summed E-state index contributed by atoms with van der Waals surface area (Å²) in [6.07, 6.45) is 13.8. The van der Waals surface area contributed by atoms with E-state index in [-0.39, 0.29) is 5.91 Å². The third-order valence-corrected chi connectivity index (χ3v) is 6.66. The number of nitrogens with zero attached hydrogens (tertiary/aromatic N) is 3. The zero-order valence-corrected chi connectivity index (χ0v) is 24.1. The zero-order valence-electron chi connectivity index (χ0n) is 21.7. The molecule has 0 atom stereocenters. The predicted molar refractivity (Wildman–Crippen MR) is 152 cm³/mol. The van der Waals surface area contributed by atoms with E-state index in [4.69, 9.17) is 4.74 Å². The van der Waals surface area contributed by atoms with E-state index < -0.39 is 17.2 Å². The SMILES string of the molecule is CC1(NC(=O)OC(C)(C)C)C=CN(c2cnc(Sc3cccc(NC(=O)CCCCCBr)c3)cn2)C=C1. The first-order chi connectivity index (χ1) is 17.5. The van der Waals surface area contributed by atoms with Crippen LogP contribution in [0.2, 0.25) is 0 Å². The van der Waals surface area contributed by atoms with Crippen molar-refractivity contribution in [1.29, 1.82) is 0 Å². The molecule has 0 radical (unpaired) electrons. The molecule has 1 aromatic heterocycles. The monoisotopic (exact) mass is 587 g/mol. The second-order valence-corrected chi connectivity index (χ2v) is 11.7. The molecule has 198 valence electrons. The fraction of sp³-hybridized carbons (Fsp3) is 0.407. The molecular weight excluding hydrogens is 554 g/mol. The van der Waals surface area contributed by atoms with Crippen LogP contribution < -0.4 is 15.5 Å². The van der Waals surface area contributed by atoms with Gasteiger partial charge in [0.1, 0.15) is 10.6 Å². The zero-order chi connectivity index (χ0) is 26.9. The molecular formula is C27H34BrN5O3S. The van der Waals surface area contributed by atoms with Crippen molar-refractivity contribution in [3.8, 4) is 0 Å². The molecule has 3 rings (SSSR count). The van der Waals surface area contributed by atoms with E-state index in [0.29, 0.717) is 12.2 Å². The lowest BCUT2D eigenvalue weighted by Gasteiger charge is -2.30. The maximum Gasteiger partial charge on any atom is 0.408 e. The van der Waals surface area contributed by atoms with Gasteiger partial charge in [0, 0.05) is 34.7 Å². The summed E-state index contributed by atoms with van der Waals surface area (Å²) in [7, 11) is 0. The van der Waals surface area contributed by atoms with Gasteiger partial charge < -0.3 is 20.3 Å². The number of hydrogen-bond acceptors (Lipinski definition) is 7. The summed E-state index contributed by atoms with van der Waals surface area (Å²) in [4.78, 5) is 36.2. The highest BCUT2D eigenvalue weighted by molar-refractivity contribution is 9.09. The van der Waals surface area contributed by atoms with E-state index in [1.165, 1.54) is 11.8 Å². The molecule has 0 unspecified atom stereocenters.